The molecule has 1 amide bonds. The van der Waals surface area contributed by atoms with Gasteiger partial charge in [-0.3, -0.25) is 4.79 Å². The van der Waals surface area contributed by atoms with Gasteiger partial charge in [-0.2, -0.15) is 10.5 Å². The minimum atomic E-state index is -0.534. The predicted molar refractivity (Wildman–Crippen MR) is 89.5 cm³/mol. The summed E-state index contributed by atoms with van der Waals surface area (Å²) in [6.07, 6.45) is 5.21. The van der Waals surface area contributed by atoms with Crippen LogP contribution in [0.1, 0.15) is 31.2 Å². The van der Waals surface area contributed by atoms with Crippen molar-refractivity contribution in [1.82, 2.24) is 4.90 Å². The molecule has 0 radical (unpaired) electrons. The molecular weight excluding hydrogens is 304 g/mol. The fraction of sp³-hybridized carbons (Fsp3) is 0.389. The van der Waals surface area contributed by atoms with E-state index in [0.29, 0.717) is 17.7 Å². The van der Waals surface area contributed by atoms with Crippen molar-refractivity contribution in [1.29, 1.82) is 10.5 Å². The molecule has 1 fully saturated rings. The number of likely N-dealkylation sites (tertiary alicyclic amines) is 1. The van der Waals surface area contributed by atoms with Crippen molar-refractivity contribution in [3.8, 4) is 12.1 Å². The first-order valence-corrected chi connectivity index (χ1v) is 7.98. The van der Waals surface area contributed by atoms with Crippen molar-refractivity contribution in [2.45, 2.75) is 31.7 Å². The highest BCUT2D eigenvalue weighted by Crippen LogP contribution is 2.21. The lowest BCUT2D eigenvalue weighted by Crippen LogP contribution is -2.37. The van der Waals surface area contributed by atoms with E-state index in [1.807, 2.05) is 17.0 Å². The molecule has 124 valence electrons. The number of rotatable bonds is 5. The summed E-state index contributed by atoms with van der Waals surface area (Å²) in [5, 5.41) is 30.2. The van der Waals surface area contributed by atoms with E-state index in [0.717, 1.165) is 25.8 Å². The third-order valence-corrected chi connectivity index (χ3v) is 4.09. The minimum Gasteiger partial charge on any atom is -0.396 e. The zero-order valence-corrected chi connectivity index (χ0v) is 13.4. The Kier molecular flexibility index (Phi) is 6.36. The molecule has 6 nitrogen and oxygen atoms in total. The van der Waals surface area contributed by atoms with Crippen molar-refractivity contribution < 1.29 is 9.90 Å². The number of nitrogens with zero attached hydrogens (tertiary/aromatic N) is 3. The van der Waals surface area contributed by atoms with Crippen LogP contribution < -0.4 is 5.32 Å². The SMILES string of the molecule is N#C/C(=C/N1CCCCC1CCO)C(=O)Nc1ccccc1C#N. The van der Waals surface area contributed by atoms with E-state index in [4.69, 9.17) is 10.4 Å². The van der Waals surface area contributed by atoms with Gasteiger partial charge >= 0.3 is 0 Å². The van der Waals surface area contributed by atoms with Gasteiger partial charge in [-0.05, 0) is 37.8 Å². The predicted octanol–water partition coefficient (Wildman–Crippen LogP) is 2.14. The summed E-state index contributed by atoms with van der Waals surface area (Å²) in [6.45, 7) is 0.844. The minimum absolute atomic E-state index is 0.00687. The van der Waals surface area contributed by atoms with Crippen molar-refractivity contribution in [2.24, 2.45) is 0 Å². The Hall–Kier alpha value is -2.83. The fourth-order valence-corrected chi connectivity index (χ4v) is 2.84. The Morgan fingerprint density at radius 1 is 1.38 bits per heavy atom. The molecular formula is C18H20N4O2. The Balaban J connectivity index is 2.16. The summed E-state index contributed by atoms with van der Waals surface area (Å²) >= 11 is 0. The first-order chi connectivity index (χ1) is 11.7. The largest absolute Gasteiger partial charge is 0.396 e. The average molecular weight is 324 g/mol. The van der Waals surface area contributed by atoms with E-state index in [9.17, 15) is 10.1 Å². The van der Waals surface area contributed by atoms with Gasteiger partial charge < -0.3 is 15.3 Å². The zero-order valence-electron chi connectivity index (χ0n) is 13.4. The number of aliphatic hydroxyl groups is 1. The van der Waals surface area contributed by atoms with Gasteiger partial charge in [-0.1, -0.05) is 12.1 Å². The van der Waals surface area contributed by atoms with Gasteiger partial charge in [0, 0.05) is 25.4 Å². The van der Waals surface area contributed by atoms with Crippen molar-refractivity contribution in [2.75, 3.05) is 18.5 Å². The number of hydrogen-bond acceptors (Lipinski definition) is 5. The molecule has 1 heterocycles. The molecule has 1 aromatic rings. The number of para-hydroxylation sites is 1. The maximum Gasteiger partial charge on any atom is 0.267 e. The number of amides is 1. The number of piperidine rings is 1. The van der Waals surface area contributed by atoms with Gasteiger partial charge in [-0.15, -0.1) is 0 Å². The van der Waals surface area contributed by atoms with E-state index in [1.165, 1.54) is 0 Å². The van der Waals surface area contributed by atoms with Crippen molar-refractivity contribution >= 4 is 11.6 Å². The molecule has 1 aliphatic rings. The zero-order chi connectivity index (χ0) is 17.4. The van der Waals surface area contributed by atoms with Gasteiger partial charge in [0.15, 0.2) is 0 Å². The van der Waals surface area contributed by atoms with Crippen LogP contribution >= 0.6 is 0 Å². The topological polar surface area (TPSA) is 100 Å². The molecule has 1 aliphatic heterocycles. The summed E-state index contributed by atoms with van der Waals surface area (Å²) in [4.78, 5) is 14.3. The molecule has 1 unspecified atom stereocenters. The van der Waals surface area contributed by atoms with Crippen molar-refractivity contribution in [3.05, 3.63) is 41.6 Å². The molecule has 1 atom stereocenters. The lowest BCUT2D eigenvalue weighted by atomic mass is 10.00. The second-order valence-corrected chi connectivity index (χ2v) is 5.67. The van der Waals surface area contributed by atoms with E-state index in [-0.39, 0.29) is 18.2 Å². The first kappa shape index (κ1) is 17.5. The fourth-order valence-electron chi connectivity index (χ4n) is 2.84. The molecule has 2 N–H and O–H groups in total. The average Bonchev–Trinajstić information content (AvgIpc) is 2.61. The highest BCUT2D eigenvalue weighted by molar-refractivity contribution is 6.07. The van der Waals surface area contributed by atoms with Gasteiger partial charge in [0.1, 0.15) is 17.7 Å². The Morgan fingerprint density at radius 3 is 2.88 bits per heavy atom. The van der Waals surface area contributed by atoms with Gasteiger partial charge in [0.05, 0.1) is 11.3 Å². The second kappa shape index (κ2) is 8.71. The highest BCUT2D eigenvalue weighted by atomic mass is 16.3. The van der Waals surface area contributed by atoms with Crippen LogP contribution in [0.4, 0.5) is 5.69 Å². The van der Waals surface area contributed by atoms with Crippen LogP contribution in [-0.4, -0.2) is 35.1 Å². The number of carbonyl (C=O) groups excluding carboxylic acids is 1. The first-order valence-electron chi connectivity index (χ1n) is 7.98. The Labute approximate surface area is 141 Å². The summed E-state index contributed by atoms with van der Waals surface area (Å²) in [7, 11) is 0. The standard InChI is InChI=1S/C18H20N4O2/c19-11-14-5-1-2-7-17(14)21-18(24)15(12-20)13-22-9-4-3-6-16(22)8-10-23/h1-2,5,7,13,16,23H,3-4,6,8-10H2,(H,21,24)/b15-13-. The van der Waals surface area contributed by atoms with Gasteiger partial charge in [0.2, 0.25) is 0 Å². The number of benzene rings is 1. The van der Waals surface area contributed by atoms with Gasteiger partial charge in [-0.25, -0.2) is 0 Å². The van der Waals surface area contributed by atoms with Crippen LogP contribution in [0, 0.1) is 22.7 Å². The molecule has 0 saturated carbocycles. The third kappa shape index (κ3) is 4.34. The molecule has 0 spiro atoms. The highest BCUT2D eigenvalue weighted by Gasteiger charge is 2.21. The van der Waals surface area contributed by atoms with Crippen LogP contribution in [0.3, 0.4) is 0 Å². The van der Waals surface area contributed by atoms with Crippen LogP contribution in [0.15, 0.2) is 36.0 Å². The monoisotopic (exact) mass is 324 g/mol. The molecule has 1 aromatic carbocycles. The number of anilines is 1. The number of nitriles is 2. The lowest BCUT2D eigenvalue weighted by Gasteiger charge is -2.34. The van der Waals surface area contributed by atoms with E-state index in [2.05, 4.69) is 5.32 Å². The summed E-state index contributed by atoms with van der Waals surface area (Å²) in [6, 6.07) is 10.7. The molecule has 2 rings (SSSR count). The smallest absolute Gasteiger partial charge is 0.267 e. The molecule has 0 bridgehead atoms. The van der Waals surface area contributed by atoms with E-state index >= 15 is 0 Å². The number of hydrogen-bond donors (Lipinski definition) is 2. The lowest BCUT2D eigenvalue weighted by molar-refractivity contribution is -0.112. The van der Waals surface area contributed by atoms with Crippen molar-refractivity contribution in [3.63, 3.8) is 0 Å². The van der Waals surface area contributed by atoms with Crippen LogP contribution in [0.5, 0.6) is 0 Å². The normalized spacial score (nSPS) is 17.7. The van der Waals surface area contributed by atoms with Gasteiger partial charge in [0.25, 0.3) is 5.91 Å². The van der Waals surface area contributed by atoms with E-state index < -0.39 is 5.91 Å². The maximum atomic E-state index is 12.4. The molecule has 0 aliphatic carbocycles. The second-order valence-electron chi connectivity index (χ2n) is 5.67. The molecule has 24 heavy (non-hydrogen) atoms. The summed E-state index contributed by atoms with van der Waals surface area (Å²) < 4.78 is 0. The quantitative estimate of drug-likeness (QED) is 0.638. The summed E-state index contributed by atoms with van der Waals surface area (Å²) in [5.74, 6) is -0.534. The van der Waals surface area contributed by atoms with E-state index in [1.54, 1.807) is 30.5 Å². The van der Waals surface area contributed by atoms with Crippen LogP contribution in [0.2, 0.25) is 0 Å². The number of aliphatic hydroxyl groups excluding tert-OH is 1. The third-order valence-electron chi connectivity index (χ3n) is 4.09. The van der Waals surface area contributed by atoms with Crippen LogP contribution in [0.25, 0.3) is 0 Å². The summed E-state index contributed by atoms with van der Waals surface area (Å²) in [5.41, 5.74) is 0.726. The maximum absolute atomic E-state index is 12.4. The number of nitrogens with one attached hydrogen (secondary N) is 1. The Morgan fingerprint density at radius 2 is 2.17 bits per heavy atom. The molecule has 0 aromatic heterocycles. The molecule has 1 saturated heterocycles. The Bertz CT molecular complexity index is 698. The van der Waals surface area contributed by atoms with Crippen LogP contribution in [-0.2, 0) is 4.79 Å². The number of carbonyl (C=O) groups is 1. The molecule has 6 heteroatoms.